The molecular weight excluding hydrogens is 555 g/mol. The van der Waals surface area contributed by atoms with Crippen molar-refractivity contribution in [2.45, 2.75) is 44.4 Å². The Morgan fingerprint density at radius 2 is 1.98 bits per heavy atom. The van der Waals surface area contributed by atoms with Crippen LogP contribution in [-0.4, -0.2) is 70.2 Å². The van der Waals surface area contributed by atoms with E-state index in [1.165, 1.54) is 21.7 Å². The van der Waals surface area contributed by atoms with Gasteiger partial charge in [0.1, 0.15) is 12.4 Å². The molecule has 1 aliphatic carbocycles. The van der Waals surface area contributed by atoms with Crippen molar-refractivity contribution < 1.29 is 23.6 Å². The van der Waals surface area contributed by atoms with Crippen molar-refractivity contribution in [3.8, 4) is 0 Å². The van der Waals surface area contributed by atoms with E-state index in [4.69, 9.17) is 17.3 Å². The molecule has 2 heterocycles. The van der Waals surface area contributed by atoms with Gasteiger partial charge in [-0.05, 0) is 50.1 Å². The molecule has 0 radical (unpaired) electrons. The van der Waals surface area contributed by atoms with Gasteiger partial charge in [-0.3, -0.25) is 19.1 Å². The van der Waals surface area contributed by atoms with Crippen LogP contribution in [0, 0.1) is 5.82 Å². The van der Waals surface area contributed by atoms with E-state index in [9.17, 15) is 23.6 Å². The Bertz CT molecular complexity index is 1500. The normalized spacial score (nSPS) is 16.4. The molecule has 3 aromatic rings. The summed E-state index contributed by atoms with van der Waals surface area (Å²) in [5.74, 6) is -2.21. The van der Waals surface area contributed by atoms with Gasteiger partial charge in [0.15, 0.2) is 5.69 Å². The van der Waals surface area contributed by atoms with Crippen LogP contribution in [0.15, 0.2) is 36.4 Å². The zero-order valence-corrected chi connectivity index (χ0v) is 22.8. The molecule has 1 atom stereocenters. The molecule has 1 saturated heterocycles. The van der Waals surface area contributed by atoms with E-state index in [1.807, 2.05) is 0 Å². The molecule has 5 amide bonds. The zero-order chi connectivity index (χ0) is 29.1. The molecule has 1 aliphatic heterocycles. The number of halogens is 2. The molecule has 1 unspecified atom stereocenters. The molecule has 14 heteroatoms. The summed E-state index contributed by atoms with van der Waals surface area (Å²) < 4.78 is 15.5. The van der Waals surface area contributed by atoms with Crippen molar-refractivity contribution in [2.24, 2.45) is 5.73 Å². The molecule has 2 aliphatic rings. The summed E-state index contributed by atoms with van der Waals surface area (Å²) in [6, 6.07) is 8.94. The molecule has 12 nitrogen and oxygen atoms in total. The molecule has 41 heavy (non-hydrogen) atoms. The summed E-state index contributed by atoms with van der Waals surface area (Å²) in [7, 11) is 0. The number of hydrogen-bond acceptors (Lipinski definition) is 6. The third-order valence-electron chi connectivity index (χ3n) is 7.05. The molecule has 2 aromatic carbocycles. The summed E-state index contributed by atoms with van der Waals surface area (Å²) in [5, 5.41) is 16.0. The maximum Gasteiger partial charge on any atom is 0.319 e. The number of fused-ring (bicyclic) bond motifs is 1. The molecule has 216 valence electrons. The first-order valence-corrected chi connectivity index (χ1v) is 13.6. The fourth-order valence-electron chi connectivity index (χ4n) is 4.81. The molecular formula is C27H30ClFN8O4. The van der Waals surface area contributed by atoms with Gasteiger partial charge in [0.25, 0.3) is 5.91 Å². The van der Waals surface area contributed by atoms with Gasteiger partial charge in [0, 0.05) is 41.8 Å². The summed E-state index contributed by atoms with van der Waals surface area (Å²) in [5.41, 5.74) is 6.65. The number of hydrogen-bond donors (Lipinski definition) is 5. The topological polar surface area (TPSA) is 163 Å². The monoisotopic (exact) mass is 584 g/mol. The van der Waals surface area contributed by atoms with Crippen LogP contribution in [-0.2, 0) is 22.7 Å². The number of carbonyl (C=O) groups excluding carboxylic acids is 4. The minimum Gasteiger partial charge on any atom is -0.364 e. The van der Waals surface area contributed by atoms with Crippen molar-refractivity contribution in [1.29, 1.82) is 0 Å². The van der Waals surface area contributed by atoms with Crippen LogP contribution in [0.25, 0.3) is 10.9 Å². The number of nitrogens with one attached hydrogen (secondary N) is 4. The second kappa shape index (κ2) is 12.1. The third kappa shape index (κ3) is 6.74. The lowest BCUT2D eigenvalue weighted by atomic mass is 10.2. The van der Waals surface area contributed by atoms with Gasteiger partial charge in [-0.1, -0.05) is 23.7 Å². The number of amides is 5. The highest BCUT2D eigenvalue weighted by Crippen LogP contribution is 2.28. The first kappa shape index (κ1) is 28.3. The van der Waals surface area contributed by atoms with Gasteiger partial charge >= 0.3 is 6.03 Å². The minimum absolute atomic E-state index is 0.0307. The van der Waals surface area contributed by atoms with Crippen LogP contribution in [0.1, 0.15) is 35.3 Å². The quantitative estimate of drug-likeness (QED) is 0.244. The SMILES string of the molecule is NC(=O)c1nn(CC(=O)N(CC(=O)NCc2cccc(Cl)c2F)C2CC2)c2ccc(NC(=O)NC3CCNC3)cc12. The summed E-state index contributed by atoms with van der Waals surface area (Å²) >= 11 is 5.81. The Labute approximate surface area is 239 Å². The van der Waals surface area contributed by atoms with E-state index < -0.39 is 17.6 Å². The smallest absolute Gasteiger partial charge is 0.319 e. The average Bonchev–Trinajstić information content (AvgIpc) is 3.53. The summed E-state index contributed by atoms with van der Waals surface area (Å²) in [4.78, 5) is 52.0. The standard InChI is InChI=1S/C27H30ClFN8O4/c28-20-3-1-2-15(24(20)29)11-32-22(38)13-36(18-5-6-18)23(39)14-37-21-7-4-16(10-19(21)25(35-37)26(30)40)33-27(41)34-17-8-9-31-12-17/h1-4,7,10,17-18,31H,5-6,8-9,11-14H2,(H2,30,40)(H,32,38)(H2,33,34,41). The van der Waals surface area contributed by atoms with Crippen LogP contribution in [0.3, 0.4) is 0 Å². The number of benzene rings is 2. The number of primary amides is 1. The summed E-state index contributed by atoms with van der Waals surface area (Å²) in [6.07, 6.45) is 2.34. The van der Waals surface area contributed by atoms with E-state index in [0.29, 0.717) is 23.1 Å². The lowest BCUT2D eigenvalue weighted by Gasteiger charge is -2.22. The number of anilines is 1. The first-order valence-electron chi connectivity index (χ1n) is 13.3. The Kier molecular flexibility index (Phi) is 8.36. The lowest BCUT2D eigenvalue weighted by molar-refractivity contribution is -0.137. The number of urea groups is 1. The number of nitrogens with two attached hydrogens (primary N) is 1. The Balaban J connectivity index is 1.27. The summed E-state index contributed by atoms with van der Waals surface area (Å²) in [6.45, 7) is 1.00. The van der Waals surface area contributed by atoms with Crippen molar-refractivity contribution in [3.05, 3.63) is 58.5 Å². The van der Waals surface area contributed by atoms with Gasteiger partial charge in [-0.15, -0.1) is 0 Å². The predicted octanol–water partition coefficient (Wildman–Crippen LogP) is 1.72. The number of rotatable bonds is 10. The van der Waals surface area contributed by atoms with Gasteiger partial charge in [-0.25, -0.2) is 9.18 Å². The van der Waals surface area contributed by atoms with E-state index in [2.05, 4.69) is 26.4 Å². The highest BCUT2D eigenvalue weighted by atomic mass is 35.5. The highest BCUT2D eigenvalue weighted by Gasteiger charge is 2.34. The minimum atomic E-state index is -0.786. The van der Waals surface area contributed by atoms with Crippen molar-refractivity contribution >= 4 is 51.9 Å². The van der Waals surface area contributed by atoms with Crippen LogP contribution >= 0.6 is 11.6 Å². The average molecular weight is 585 g/mol. The third-order valence-corrected chi connectivity index (χ3v) is 7.34. The number of nitrogens with zero attached hydrogens (tertiary/aromatic N) is 3. The Morgan fingerprint density at radius 1 is 1.17 bits per heavy atom. The molecule has 0 bridgehead atoms. The maximum absolute atomic E-state index is 14.2. The highest BCUT2D eigenvalue weighted by molar-refractivity contribution is 6.30. The second-order valence-corrected chi connectivity index (χ2v) is 10.5. The van der Waals surface area contributed by atoms with Crippen LogP contribution in [0.2, 0.25) is 5.02 Å². The van der Waals surface area contributed by atoms with Gasteiger partial charge in [0.2, 0.25) is 11.8 Å². The van der Waals surface area contributed by atoms with Crippen molar-refractivity contribution in [1.82, 2.24) is 30.6 Å². The molecule has 2 fully saturated rings. The Hall–Kier alpha value is -4.23. The van der Waals surface area contributed by atoms with Gasteiger partial charge in [0.05, 0.1) is 17.1 Å². The molecule has 1 aromatic heterocycles. The lowest BCUT2D eigenvalue weighted by Crippen LogP contribution is -2.43. The van der Waals surface area contributed by atoms with Gasteiger partial charge in [-0.2, -0.15) is 5.10 Å². The van der Waals surface area contributed by atoms with Gasteiger partial charge < -0.3 is 31.9 Å². The van der Waals surface area contributed by atoms with Crippen molar-refractivity contribution in [3.63, 3.8) is 0 Å². The zero-order valence-electron chi connectivity index (χ0n) is 22.1. The van der Waals surface area contributed by atoms with Crippen LogP contribution < -0.4 is 27.0 Å². The fourth-order valence-corrected chi connectivity index (χ4v) is 5.00. The van der Waals surface area contributed by atoms with E-state index >= 15 is 0 Å². The molecule has 6 N–H and O–H groups in total. The molecule has 0 spiro atoms. The molecule has 1 saturated carbocycles. The van der Waals surface area contributed by atoms with Crippen LogP contribution in [0.4, 0.5) is 14.9 Å². The first-order chi connectivity index (χ1) is 19.7. The maximum atomic E-state index is 14.2. The van der Waals surface area contributed by atoms with E-state index in [-0.39, 0.29) is 59.9 Å². The number of carbonyl (C=O) groups is 4. The van der Waals surface area contributed by atoms with E-state index in [1.54, 1.807) is 24.3 Å². The number of aromatic nitrogens is 2. The predicted molar refractivity (Wildman–Crippen MR) is 150 cm³/mol. The van der Waals surface area contributed by atoms with Crippen LogP contribution in [0.5, 0.6) is 0 Å². The largest absolute Gasteiger partial charge is 0.364 e. The fraction of sp³-hybridized carbons (Fsp3) is 0.370. The van der Waals surface area contributed by atoms with Crippen molar-refractivity contribution in [2.75, 3.05) is 25.0 Å². The second-order valence-electron chi connectivity index (χ2n) is 10.1. The Morgan fingerprint density at radius 3 is 2.68 bits per heavy atom. The molecule has 5 rings (SSSR count). The van der Waals surface area contributed by atoms with E-state index in [0.717, 1.165) is 25.8 Å².